The second-order valence-electron chi connectivity index (χ2n) is 4.62. The van der Waals surface area contributed by atoms with Crippen LogP contribution in [0.25, 0.3) is 0 Å². The Kier molecular flexibility index (Phi) is 4.07. The van der Waals surface area contributed by atoms with Crippen LogP contribution in [-0.4, -0.2) is 14.5 Å². The zero-order valence-corrected chi connectivity index (χ0v) is 11.8. The lowest BCUT2D eigenvalue weighted by Crippen LogP contribution is -2.34. The van der Waals surface area contributed by atoms with E-state index in [0.29, 0.717) is 11.3 Å². The predicted molar refractivity (Wildman–Crippen MR) is 73.4 cm³/mol. The van der Waals surface area contributed by atoms with Gasteiger partial charge in [-0.25, -0.2) is 13.1 Å². The van der Waals surface area contributed by atoms with Crippen molar-refractivity contribution in [2.45, 2.75) is 31.2 Å². The average molecular weight is 279 g/mol. The van der Waals surface area contributed by atoms with E-state index in [2.05, 4.69) is 4.72 Å². The zero-order chi connectivity index (χ0) is 13.9. The summed E-state index contributed by atoms with van der Waals surface area (Å²) in [6.45, 7) is 3.68. The van der Waals surface area contributed by atoms with Crippen molar-refractivity contribution >= 4 is 10.0 Å². The fraction of sp³-hybridized carbons (Fsp3) is 0.286. The minimum absolute atomic E-state index is 0.225. The van der Waals surface area contributed by atoms with E-state index < -0.39 is 10.0 Å². The molecule has 4 nitrogen and oxygen atoms in total. The lowest BCUT2D eigenvalue weighted by Gasteiger charge is -2.13. The van der Waals surface area contributed by atoms with E-state index in [1.807, 2.05) is 26.0 Å². The maximum absolute atomic E-state index is 12.2. The Bertz CT molecular complexity index is 632. The van der Waals surface area contributed by atoms with Gasteiger partial charge in [0.1, 0.15) is 5.76 Å². The minimum Gasteiger partial charge on any atom is -0.469 e. The normalized spacial score (nSPS) is 13.4. The highest BCUT2D eigenvalue weighted by Gasteiger charge is 2.18. The molecular formula is C14H17NO3S. The van der Waals surface area contributed by atoms with Gasteiger partial charge in [-0.2, -0.15) is 0 Å². The monoisotopic (exact) mass is 279 g/mol. The summed E-state index contributed by atoms with van der Waals surface area (Å²) in [6.07, 6.45) is 2.11. The van der Waals surface area contributed by atoms with E-state index in [1.54, 1.807) is 30.5 Å². The van der Waals surface area contributed by atoms with Gasteiger partial charge in [-0.15, -0.1) is 0 Å². The van der Waals surface area contributed by atoms with Crippen molar-refractivity contribution in [2.24, 2.45) is 0 Å². The second-order valence-corrected chi connectivity index (χ2v) is 6.34. The van der Waals surface area contributed by atoms with Crippen LogP contribution < -0.4 is 4.72 Å². The van der Waals surface area contributed by atoms with Crippen molar-refractivity contribution in [3.63, 3.8) is 0 Å². The SMILES string of the molecule is Cc1cccc(S(=O)(=O)NC(C)Cc2ccco2)c1. The van der Waals surface area contributed by atoms with E-state index in [4.69, 9.17) is 4.42 Å². The van der Waals surface area contributed by atoms with Gasteiger partial charge in [-0.1, -0.05) is 12.1 Å². The first-order chi connectivity index (χ1) is 8.97. The van der Waals surface area contributed by atoms with E-state index in [1.165, 1.54) is 0 Å². The number of sulfonamides is 1. The van der Waals surface area contributed by atoms with Crippen LogP contribution in [-0.2, 0) is 16.4 Å². The number of hydrogen-bond acceptors (Lipinski definition) is 3. The predicted octanol–water partition coefficient (Wildman–Crippen LogP) is 2.50. The first-order valence-electron chi connectivity index (χ1n) is 6.09. The molecule has 2 rings (SSSR count). The standard InChI is InChI=1S/C14H17NO3S/c1-11-5-3-7-14(9-11)19(16,17)15-12(2)10-13-6-4-8-18-13/h3-9,12,15H,10H2,1-2H3. The maximum Gasteiger partial charge on any atom is 0.240 e. The molecule has 1 aromatic carbocycles. The van der Waals surface area contributed by atoms with E-state index >= 15 is 0 Å². The summed E-state index contributed by atoms with van der Waals surface area (Å²) in [5.74, 6) is 0.763. The fourth-order valence-electron chi connectivity index (χ4n) is 1.89. The number of furan rings is 1. The van der Waals surface area contributed by atoms with Crippen molar-refractivity contribution in [1.29, 1.82) is 0 Å². The van der Waals surface area contributed by atoms with Crippen LogP contribution in [0.15, 0.2) is 52.0 Å². The Balaban J connectivity index is 2.09. The topological polar surface area (TPSA) is 59.3 Å². The molecule has 19 heavy (non-hydrogen) atoms. The lowest BCUT2D eigenvalue weighted by atomic mass is 10.2. The van der Waals surface area contributed by atoms with Crippen LogP contribution in [0.5, 0.6) is 0 Å². The first kappa shape index (κ1) is 13.8. The van der Waals surface area contributed by atoms with Crippen LogP contribution in [0.3, 0.4) is 0 Å². The average Bonchev–Trinajstić information content (AvgIpc) is 2.81. The third kappa shape index (κ3) is 3.68. The molecule has 1 atom stereocenters. The van der Waals surface area contributed by atoms with Crippen molar-refractivity contribution < 1.29 is 12.8 Å². The molecule has 1 unspecified atom stereocenters. The van der Waals surface area contributed by atoms with E-state index in [0.717, 1.165) is 11.3 Å². The Morgan fingerprint density at radius 2 is 2.05 bits per heavy atom. The molecular weight excluding hydrogens is 262 g/mol. The second kappa shape index (κ2) is 5.59. The highest BCUT2D eigenvalue weighted by molar-refractivity contribution is 7.89. The number of aryl methyl sites for hydroxylation is 1. The summed E-state index contributed by atoms with van der Waals surface area (Å²) in [4.78, 5) is 0.291. The smallest absolute Gasteiger partial charge is 0.240 e. The van der Waals surface area contributed by atoms with Gasteiger partial charge in [0.05, 0.1) is 11.2 Å². The van der Waals surface area contributed by atoms with Crippen molar-refractivity contribution in [3.8, 4) is 0 Å². The maximum atomic E-state index is 12.2. The number of nitrogens with one attached hydrogen (secondary N) is 1. The molecule has 2 aromatic rings. The molecule has 0 radical (unpaired) electrons. The van der Waals surface area contributed by atoms with Crippen LogP contribution in [0.4, 0.5) is 0 Å². The molecule has 0 spiro atoms. The summed E-state index contributed by atoms with van der Waals surface area (Å²) in [6, 6.07) is 10.2. The highest BCUT2D eigenvalue weighted by atomic mass is 32.2. The third-order valence-corrected chi connectivity index (χ3v) is 4.33. The van der Waals surface area contributed by atoms with Gasteiger partial charge in [0.25, 0.3) is 0 Å². The van der Waals surface area contributed by atoms with Gasteiger partial charge in [0.15, 0.2) is 0 Å². The Labute approximate surface area is 113 Å². The Morgan fingerprint density at radius 1 is 1.26 bits per heavy atom. The summed E-state index contributed by atoms with van der Waals surface area (Å²) in [5, 5.41) is 0. The third-order valence-electron chi connectivity index (χ3n) is 2.74. The molecule has 0 saturated heterocycles. The summed E-state index contributed by atoms with van der Waals surface area (Å²) >= 11 is 0. The Hall–Kier alpha value is -1.59. The lowest BCUT2D eigenvalue weighted by molar-refractivity contribution is 0.479. The van der Waals surface area contributed by atoms with Crippen molar-refractivity contribution in [3.05, 3.63) is 54.0 Å². The molecule has 0 saturated carbocycles. The van der Waals surface area contributed by atoms with E-state index in [9.17, 15) is 8.42 Å². The molecule has 1 N–H and O–H groups in total. The summed E-state index contributed by atoms with van der Waals surface area (Å²) in [7, 11) is -3.48. The quantitative estimate of drug-likeness (QED) is 0.914. The van der Waals surface area contributed by atoms with Crippen molar-refractivity contribution in [1.82, 2.24) is 4.72 Å². The largest absolute Gasteiger partial charge is 0.469 e. The molecule has 102 valence electrons. The van der Waals surface area contributed by atoms with Gasteiger partial charge >= 0.3 is 0 Å². The highest BCUT2D eigenvalue weighted by Crippen LogP contribution is 2.12. The molecule has 0 aliphatic rings. The Morgan fingerprint density at radius 3 is 2.68 bits per heavy atom. The van der Waals surface area contributed by atoms with Gasteiger partial charge in [-0.3, -0.25) is 0 Å². The van der Waals surface area contributed by atoms with Crippen LogP contribution >= 0.6 is 0 Å². The molecule has 0 amide bonds. The number of hydrogen-bond donors (Lipinski definition) is 1. The fourth-order valence-corrected chi connectivity index (χ4v) is 3.24. The number of rotatable bonds is 5. The van der Waals surface area contributed by atoms with Crippen molar-refractivity contribution in [2.75, 3.05) is 0 Å². The summed E-state index contributed by atoms with van der Waals surface area (Å²) < 4.78 is 32.2. The van der Waals surface area contributed by atoms with Crippen LogP contribution in [0, 0.1) is 6.92 Å². The van der Waals surface area contributed by atoms with E-state index in [-0.39, 0.29) is 6.04 Å². The first-order valence-corrected chi connectivity index (χ1v) is 7.57. The molecule has 0 aliphatic heterocycles. The molecule has 1 heterocycles. The van der Waals surface area contributed by atoms with Gasteiger partial charge in [0.2, 0.25) is 10.0 Å². The van der Waals surface area contributed by atoms with Gasteiger partial charge in [-0.05, 0) is 43.7 Å². The van der Waals surface area contributed by atoms with Gasteiger partial charge < -0.3 is 4.42 Å². The molecule has 0 aliphatic carbocycles. The van der Waals surface area contributed by atoms with Crippen LogP contribution in [0.2, 0.25) is 0 Å². The molecule has 0 fully saturated rings. The molecule has 1 aromatic heterocycles. The van der Waals surface area contributed by atoms with Gasteiger partial charge in [0, 0.05) is 12.5 Å². The number of benzene rings is 1. The van der Waals surface area contributed by atoms with Crippen LogP contribution in [0.1, 0.15) is 18.2 Å². The zero-order valence-electron chi connectivity index (χ0n) is 11.0. The molecule has 5 heteroatoms. The summed E-state index contributed by atoms with van der Waals surface area (Å²) in [5.41, 5.74) is 0.918. The molecule has 0 bridgehead atoms. The minimum atomic E-state index is -3.48.